The van der Waals surface area contributed by atoms with Crippen LogP contribution in [-0.4, -0.2) is 33.0 Å². The van der Waals surface area contributed by atoms with E-state index in [2.05, 4.69) is 10.1 Å². The molecular formula is C10H9N3O3. The quantitative estimate of drug-likeness (QED) is 0.832. The predicted octanol–water partition coefficient (Wildman–Crippen LogP) is 0.974. The number of carboxylic acid groups (broad SMARTS) is 1. The zero-order valence-corrected chi connectivity index (χ0v) is 8.49. The first-order valence-corrected chi connectivity index (χ1v) is 4.49. The van der Waals surface area contributed by atoms with E-state index in [-0.39, 0.29) is 5.56 Å². The zero-order chi connectivity index (χ0) is 11.5. The smallest absolute Gasteiger partial charge is 0.341 e. The van der Waals surface area contributed by atoms with Gasteiger partial charge < -0.3 is 9.84 Å². The average Bonchev–Trinajstić information content (AvgIpc) is 2.81. The van der Waals surface area contributed by atoms with Gasteiger partial charge in [0.25, 0.3) is 0 Å². The lowest BCUT2D eigenvalue weighted by Crippen LogP contribution is -2.08. The summed E-state index contributed by atoms with van der Waals surface area (Å²) in [6, 6.07) is 4.92. The standard InChI is InChI=1S/C10H9N3O3/c1-16-8-4-2-3-7(9(8)10(14)15)13-6-11-5-12-13/h2-6H,1H3,(H,14,15). The third-order valence-electron chi connectivity index (χ3n) is 2.10. The Morgan fingerprint density at radius 1 is 1.50 bits per heavy atom. The van der Waals surface area contributed by atoms with Gasteiger partial charge in [-0.2, -0.15) is 5.10 Å². The van der Waals surface area contributed by atoms with Crippen molar-refractivity contribution in [2.75, 3.05) is 7.11 Å². The summed E-state index contributed by atoms with van der Waals surface area (Å²) < 4.78 is 6.38. The Labute approximate surface area is 91.1 Å². The summed E-state index contributed by atoms with van der Waals surface area (Å²) in [7, 11) is 1.42. The van der Waals surface area contributed by atoms with Crippen molar-refractivity contribution in [2.24, 2.45) is 0 Å². The number of rotatable bonds is 3. The number of aromatic nitrogens is 3. The molecule has 6 nitrogen and oxygen atoms in total. The lowest BCUT2D eigenvalue weighted by Gasteiger charge is -2.09. The second-order valence-electron chi connectivity index (χ2n) is 3.00. The number of aromatic carboxylic acids is 1. The highest BCUT2D eigenvalue weighted by molar-refractivity contribution is 5.95. The van der Waals surface area contributed by atoms with Gasteiger partial charge in [-0.1, -0.05) is 6.07 Å². The summed E-state index contributed by atoms with van der Waals surface area (Å²) in [5, 5.41) is 13.0. The average molecular weight is 219 g/mol. The minimum atomic E-state index is -1.07. The molecule has 6 heteroatoms. The van der Waals surface area contributed by atoms with Crippen LogP contribution in [0, 0.1) is 0 Å². The van der Waals surface area contributed by atoms with Crippen molar-refractivity contribution < 1.29 is 14.6 Å². The van der Waals surface area contributed by atoms with Crippen LogP contribution < -0.4 is 4.74 Å². The van der Waals surface area contributed by atoms with Crippen LogP contribution in [0.3, 0.4) is 0 Å². The van der Waals surface area contributed by atoms with Crippen molar-refractivity contribution in [2.45, 2.75) is 0 Å². The second-order valence-corrected chi connectivity index (χ2v) is 3.00. The van der Waals surface area contributed by atoms with Crippen molar-refractivity contribution in [3.05, 3.63) is 36.4 Å². The van der Waals surface area contributed by atoms with E-state index in [1.54, 1.807) is 18.2 Å². The molecule has 1 heterocycles. The van der Waals surface area contributed by atoms with Crippen LogP contribution in [0.25, 0.3) is 5.69 Å². The van der Waals surface area contributed by atoms with Crippen LogP contribution in [0.5, 0.6) is 5.75 Å². The van der Waals surface area contributed by atoms with E-state index < -0.39 is 5.97 Å². The van der Waals surface area contributed by atoms with Gasteiger partial charge in [-0.15, -0.1) is 0 Å². The maximum atomic E-state index is 11.2. The molecule has 0 saturated heterocycles. The van der Waals surface area contributed by atoms with Gasteiger partial charge in [0.2, 0.25) is 0 Å². The Morgan fingerprint density at radius 3 is 2.88 bits per heavy atom. The maximum absolute atomic E-state index is 11.2. The van der Waals surface area contributed by atoms with Crippen LogP contribution >= 0.6 is 0 Å². The number of hydrogen-bond acceptors (Lipinski definition) is 4. The van der Waals surface area contributed by atoms with E-state index in [1.807, 2.05) is 0 Å². The lowest BCUT2D eigenvalue weighted by molar-refractivity contribution is 0.0693. The highest BCUT2D eigenvalue weighted by atomic mass is 16.5. The van der Waals surface area contributed by atoms with E-state index >= 15 is 0 Å². The monoisotopic (exact) mass is 219 g/mol. The van der Waals surface area contributed by atoms with Crippen LogP contribution in [0.15, 0.2) is 30.9 Å². The van der Waals surface area contributed by atoms with E-state index in [1.165, 1.54) is 24.4 Å². The fraction of sp³-hybridized carbons (Fsp3) is 0.100. The number of carbonyl (C=O) groups is 1. The highest BCUT2D eigenvalue weighted by Crippen LogP contribution is 2.24. The molecule has 16 heavy (non-hydrogen) atoms. The fourth-order valence-electron chi connectivity index (χ4n) is 1.43. The topological polar surface area (TPSA) is 77.2 Å². The SMILES string of the molecule is COc1cccc(-n2cncn2)c1C(=O)O. The highest BCUT2D eigenvalue weighted by Gasteiger charge is 2.17. The third kappa shape index (κ3) is 1.60. The van der Waals surface area contributed by atoms with Crippen molar-refractivity contribution >= 4 is 5.97 Å². The van der Waals surface area contributed by atoms with Gasteiger partial charge in [0.05, 0.1) is 12.8 Å². The van der Waals surface area contributed by atoms with Gasteiger partial charge in [-0.3, -0.25) is 0 Å². The van der Waals surface area contributed by atoms with Crippen molar-refractivity contribution in [1.82, 2.24) is 14.8 Å². The first-order valence-electron chi connectivity index (χ1n) is 4.49. The largest absolute Gasteiger partial charge is 0.496 e. The summed E-state index contributed by atoms with van der Waals surface area (Å²) in [5.41, 5.74) is 0.486. The van der Waals surface area contributed by atoms with Crippen LogP contribution in [0.1, 0.15) is 10.4 Å². The minimum absolute atomic E-state index is 0.0653. The van der Waals surface area contributed by atoms with Gasteiger partial charge in [-0.05, 0) is 12.1 Å². The Bertz CT molecular complexity index is 508. The molecule has 1 aromatic carbocycles. The van der Waals surface area contributed by atoms with Crippen molar-refractivity contribution in [1.29, 1.82) is 0 Å². The number of methoxy groups -OCH3 is 1. The first-order chi connectivity index (χ1) is 7.74. The second kappa shape index (κ2) is 4.01. The summed E-state index contributed by atoms with van der Waals surface area (Å²) in [5.74, 6) is -0.775. The molecule has 0 fully saturated rings. The summed E-state index contributed by atoms with van der Waals surface area (Å²) in [6.45, 7) is 0. The van der Waals surface area contributed by atoms with Gasteiger partial charge in [-0.25, -0.2) is 14.5 Å². The molecule has 0 unspecified atom stereocenters. The van der Waals surface area contributed by atoms with Crippen LogP contribution in [-0.2, 0) is 0 Å². The normalized spacial score (nSPS) is 10.1. The van der Waals surface area contributed by atoms with E-state index in [0.29, 0.717) is 11.4 Å². The maximum Gasteiger partial charge on any atom is 0.341 e. The van der Waals surface area contributed by atoms with Crippen molar-refractivity contribution in [3.8, 4) is 11.4 Å². The molecule has 0 amide bonds. The van der Waals surface area contributed by atoms with Gasteiger partial charge in [0.15, 0.2) is 0 Å². The third-order valence-corrected chi connectivity index (χ3v) is 2.10. The Morgan fingerprint density at radius 2 is 2.31 bits per heavy atom. The summed E-state index contributed by atoms with van der Waals surface area (Å²) in [4.78, 5) is 14.9. The molecular weight excluding hydrogens is 210 g/mol. The number of nitrogens with zero attached hydrogens (tertiary/aromatic N) is 3. The minimum Gasteiger partial charge on any atom is -0.496 e. The van der Waals surface area contributed by atoms with E-state index in [9.17, 15) is 4.79 Å². The Balaban J connectivity index is 2.65. The molecule has 0 aliphatic carbocycles. The molecule has 0 bridgehead atoms. The molecule has 1 N–H and O–H groups in total. The van der Waals surface area contributed by atoms with Crippen LogP contribution in [0.4, 0.5) is 0 Å². The fourth-order valence-corrected chi connectivity index (χ4v) is 1.43. The number of carboxylic acids is 1. The van der Waals surface area contributed by atoms with Gasteiger partial charge >= 0.3 is 5.97 Å². The number of ether oxygens (including phenoxy) is 1. The zero-order valence-electron chi connectivity index (χ0n) is 8.49. The van der Waals surface area contributed by atoms with Crippen molar-refractivity contribution in [3.63, 3.8) is 0 Å². The molecule has 0 spiro atoms. The van der Waals surface area contributed by atoms with E-state index in [0.717, 1.165) is 0 Å². The molecule has 82 valence electrons. The van der Waals surface area contributed by atoms with Gasteiger partial charge in [0.1, 0.15) is 24.0 Å². The first kappa shape index (κ1) is 10.2. The number of hydrogen-bond donors (Lipinski definition) is 1. The summed E-state index contributed by atoms with van der Waals surface area (Å²) in [6.07, 6.45) is 2.77. The molecule has 0 atom stereocenters. The predicted molar refractivity (Wildman–Crippen MR) is 54.9 cm³/mol. The molecule has 0 radical (unpaired) electrons. The molecule has 0 aliphatic rings. The lowest BCUT2D eigenvalue weighted by atomic mass is 10.1. The molecule has 0 aliphatic heterocycles. The molecule has 0 saturated carbocycles. The molecule has 2 rings (SSSR count). The molecule has 1 aromatic heterocycles. The summed E-state index contributed by atoms with van der Waals surface area (Å²) >= 11 is 0. The van der Waals surface area contributed by atoms with E-state index in [4.69, 9.17) is 9.84 Å². The van der Waals surface area contributed by atoms with Crippen LogP contribution in [0.2, 0.25) is 0 Å². The van der Waals surface area contributed by atoms with Gasteiger partial charge in [0, 0.05) is 0 Å². The number of benzene rings is 1. The molecule has 2 aromatic rings. The Hall–Kier alpha value is -2.37. The Kier molecular flexibility index (Phi) is 2.55.